The third-order valence-electron chi connectivity index (χ3n) is 2.89. The Morgan fingerprint density at radius 1 is 1.31 bits per heavy atom. The monoisotopic (exact) mass is 209 g/mol. The predicted octanol–water partition coefficient (Wildman–Crippen LogP) is 2.27. The second-order valence-corrected chi connectivity index (χ2v) is 3.82. The van der Waals surface area contributed by atoms with E-state index >= 15 is 0 Å². The number of nitrogens with zero attached hydrogens (tertiary/aromatic N) is 1. The number of aliphatic imine (C=N–C) groups is 1. The van der Waals surface area contributed by atoms with Crippen LogP contribution < -0.4 is 10.4 Å². The van der Waals surface area contributed by atoms with Crippen molar-refractivity contribution in [1.82, 2.24) is 0 Å². The molecule has 0 atom stereocenters. The Morgan fingerprint density at radius 2 is 2.06 bits per heavy atom. The van der Waals surface area contributed by atoms with Gasteiger partial charge in [0.1, 0.15) is 0 Å². The van der Waals surface area contributed by atoms with Crippen molar-refractivity contribution in [3.05, 3.63) is 52.6 Å². The van der Waals surface area contributed by atoms with Gasteiger partial charge in [-0.1, -0.05) is 37.4 Å². The maximum Gasteiger partial charge on any atom is 0.0739 e. The average Bonchev–Trinajstić information content (AvgIpc) is 2.54. The normalized spacial score (nSPS) is 14.8. The molecule has 0 heterocycles. The number of allylic oxidation sites excluding steroid dienone is 3. The fourth-order valence-corrected chi connectivity index (χ4v) is 2.22. The fraction of sp³-hybridized carbons (Fsp3) is 0.133. The van der Waals surface area contributed by atoms with E-state index in [-0.39, 0.29) is 0 Å². The van der Waals surface area contributed by atoms with Crippen molar-refractivity contribution < 1.29 is 0 Å². The molecule has 0 bridgehead atoms. The van der Waals surface area contributed by atoms with Gasteiger partial charge in [0, 0.05) is 11.8 Å². The minimum absolute atomic E-state index is 1.02. The van der Waals surface area contributed by atoms with Gasteiger partial charge >= 0.3 is 0 Å². The van der Waals surface area contributed by atoms with Crippen molar-refractivity contribution in [1.29, 1.82) is 0 Å². The molecule has 0 N–H and O–H groups in total. The van der Waals surface area contributed by atoms with E-state index in [1.807, 2.05) is 31.3 Å². The Morgan fingerprint density at radius 3 is 2.69 bits per heavy atom. The quantitative estimate of drug-likeness (QED) is 0.663. The Hall–Kier alpha value is -1.89. The Balaban J connectivity index is 2.89. The molecule has 0 amide bonds. The SMILES string of the molecule is C=CC1=C(N=CC)C(C)=c2c1cccc2=C. The largest absolute Gasteiger partial charge is 0.261 e. The predicted molar refractivity (Wildman–Crippen MR) is 71.6 cm³/mol. The van der Waals surface area contributed by atoms with Crippen LogP contribution in [0.15, 0.2) is 41.5 Å². The Labute approximate surface area is 95.8 Å². The van der Waals surface area contributed by atoms with Gasteiger partial charge in [-0.2, -0.15) is 0 Å². The Kier molecular flexibility index (Phi) is 2.61. The summed E-state index contributed by atoms with van der Waals surface area (Å²) in [6.07, 6.45) is 3.69. The third-order valence-corrected chi connectivity index (χ3v) is 2.89. The van der Waals surface area contributed by atoms with Crippen LogP contribution in [-0.4, -0.2) is 6.21 Å². The highest BCUT2D eigenvalue weighted by molar-refractivity contribution is 5.93. The molecule has 0 unspecified atom stereocenters. The van der Waals surface area contributed by atoms with E-state index in [1.54, 1.807) is 0 Å². The molecule has 0 radical (unpaired) electrons. The smallest absolute Gasteiger partial charge is 0.0739 e. The van der Waals surface area contributed by atoms with Crippen LogP contribution in [0.25, 0.3) is 17.7 Å². The van der Waals surface area contributed by atoms with Crippen molar-refractivity contribution in [3.63, 3.8) is 0 Å². The van der Waals surface area contributed by atoms with Crippen LogP contribution in [0.5, 0.6) is 0 Å². The molecule has 0 fully saturated rings. The van der Waals surface area contributed by atoms with Gasteiger partial charge in [0.2, 0.25) is 0 Å². The lowest BCUT2D eigenvalue weighted by molar-refractivity contribution is 1.42. The second kappa shape index (κ2) is 3.93. The zero-order valence-corrected chi connectivity index (χ0v) is 9.75. The molecule has 0 saturated carbocycles. The van der Waals surface area contributed by atoms with Gasteiger partial charge in [0.25, 0.3) is 0 Å². The lowest BCUT2D eigenvalue weighted by Crippen LogP contribution is -2.26. The summed E-state index contributed by atoms with van der Waals surface area (Å²) in [6.45, 7) is 12.0. The standard InChI is InChI=1S/C15H15N/c1-5-12-13-9-7-8-10(3)14(13)11(4)15(12)16-6-2/h5-9H,1,3H2,2,4H3. The molecule has 1 heteroatoms. The summed E-state index contributed by atoms with van der Waals surface area (Å²) < 4.78 is 0. The van der Waals surface area contributed by atoms with E-state index in [4.69, 9.17) is 0 Å². The number of rotatable bonds is 2. The molecular formula is C15H15N. The highest BCUT2D eigenvalue weighted by Crippen LogP contribution is 2.28. The van der Waals surface area contributed by atoms with Crippen LogP contribution >= 0.6 is 0 Å². The molecule has 0 aromatic heterocycles. The molecular weight excluding hydrogens is 194 g/mol. The van der Waals surface area contributed by atoms with E-state index in [9.17, 15) is 0 Å². The summed E-state index contributed by atoms with van der Waals surface area (Å²) in [4.78, 5) is 4.43. The Bertz CT molecular complexity index is 615. The van der Waals surface area contributed by atoms with Crippen LogP contribution in [0.4, 0.5) is 0 Å². The number of hydrogen-bond acceptors (Lipinski definition) is 1. The van der Waals surface area contributed by atoms with E-state index < -0.39 is 0 Å². The maximum absolute atomic E-state index is 4.43. The molecule has 0 saturated heterocycles. The molecule has 16 heavy (non-hydrogen) atoms. The first-order valence-electron chi connectivity index (χ1n) is 5.35. The fourth-order valence-electron chi connectivity index (χ4n) is 2.22. The van der Waals surface area contributed by atoms with Crippen molar-refractivity contribution in [3.8, 4) is 0 Å². The second-order valence-electron chi connectivity index (χ2n) is 3.82. The minimum atomic E-state index is 1.02. The molecule has 2 rings (SSSR count). The van der Waals surface area contributed by atoms with Gasteiger partial charge in [0.15, 0.2) is 0 Å². The van der Waals surface area contributed by atoms with Crippen LogP contribution in [-0.2, 0) is 0 Å². The van der Waals surface area contributed by atoms with E-state index in [2.05, 4.69) is 31.1 Å². The van der Waals surface area contributed by atoms with Gasteiger partial charge in [-0.3, -0.25) is 4.99 Å². The van der Waals surface area contributed by atoms with Crippen molar-refractivity contribution in [2.75, 3.05) is 0 Å². The summed E-state index contributed by atoms with van der Waals surface area (Å²) in [5.41, 5.74) is 4.51. The van der Waals surface area contributed by atoms with Crippen LogP contribution in [0.1, 0.15) is 19.4 Å². The topological polar surface area (TPSA) is 12.4 Å². The van der Waals surface area contributed by atoms with Crippen molar-refractivity contribution in [2.24, 2.45) is 4.99 Å². The molecule has 0 spiro atoms. The van der Waals surface area contributed by atoms with E-state index in [0.717, 1.165) is 16.5 Å². The molecule has 1 aliphatic carbocycles. The zero-order valence-electron chi connectivity index (χ0n) is 9.75. The summed E-state index contributed by atoms with van der Waals surface area (Å²) in [6, 6.07) is 6.15. The van der Waals surface area contributed by atoms with E-state index in [0.29, 0.717) is 0 Å². The summed E-state index contributed by atoms with van der Waals surface area (Å²) in [7, 11) is 0. The first-order valence-corrected chi connectivity index (χ1v) is 5.35. The number of hydrogen-bond donors (Lipinski definition) is 0. The molecule has 1 aliphatic rings. The van der Waals surface area contributed by atoms with Gasteiger partial charge < -0.3 is 0 Å². The highest BCUT2D eigenvalue weighted by atomic mass is 14.7. The summed E-state index contributed by atoms with van der Waals surface area (Å²) in [5.74, 6) is 0. The molecule has 1 aromatic carbocycles. The van der Waals surface area contributed by atoms with Gasteiger partial charge in [-0.15, -0.1) is 0 Å². The molecule has 80 valence electrons. The van der Waals surface area contributed by atoms with Crippen molar-refractivity contribution in [2.45, 2.75) is 13.8 Å². The number of benzene rings is 1. The zero-order chi connectivity index (χ0) is 11.7. The lowest BCUT2D eigenvalue weighted by Gasteiger charge is -1.99. The summed E-state index contributed by atoms with van der Waals surface area (Å²) in [5, 5.41) is 2.26. The number of fused-ring (bicyclic) bond motifs is 1. The van der Waals surface area contributed by atoms with Crippen molar-refractivity contribution >= 4 is 23.9 Å². The summed E-state index contributed by atoms with van der Waals surface area (Å²) >= 11 is 0. The molecule has 0 aliphatic heterocycles. The first kappa shape index (κ1) is 10.6. The maximum atomic E-state index is 4.43. The molecule has 1 nitrogen and oxygen atoms in total. The first-order chi connectivity index (χ1) is 7.70. The van der Waals surface area contributed by atoms with Crippen LogP contribution in [0.2, 0.25) is 0 Å². The highest BCUT2D eigenvalue weighted by Gasteiger charge is 2.17. The molecule has 1 aromatic rings. The minimum Gasteiger partial charge on any atom is -0.261 e. The van der Waals surface area contributed by atoms with Gasteiger partial charge in [0.05, 0.1) is 5.70 Å². The van der Waals surface area contributed by atoms with Crippen LogP contribution in [0.3, 0.4) is 0 Å². The van der Waals surface area contributed by atoms with Crippen LogP contribution in [0, 0.1) is 0 Å². The third kappa shape index (κ3) is 1.36. The van der Waals surface area contributed by atoms with Gasteiger partial charge in [-0.25, -0.2) is 0 Å². The van der Waals surface area contributed by atoms with Gasteiger partial charge in [-0.05, 0) is 35.4 Å². The van der Waals surface area contributed by atoms with E-state index in [1.165, 1.54) is 16.4 Å². The lowest BCUT2D eigenvalue weighted by atomic mass is 10.1. The average molecular weight is 209 g/mol.